The number of amides is 1. The summed E-state index contributed by atoms with van der Waals surface area (Å²) in [5, 5.41) is 12.7. The van der Waals surface area contributed by atoms with Crippen molar-refractivity contribution in [3.05, 3.63) is 51.2 Å². The minimum atomic E-state index is -0.237. The number of benzene rings is 1. The van der Waals surface area contributed by atoms with E-state index in [9.17, 15) is 9.90 Å². The zero-order valence-corrected chi connectivity index (χ0v) is 19.0. The van der Waals surface area contributed by atoms with Gasteiger partial charge in [0.2, 0.25) is 0 Å². The molecule has 3 aliphatic carbocycles. The predicted octanol–water partition coefficient (Wildman–Crippen LogP) is 5.52. The highest BCUT2D eigenvalue weighted by atomic mass is 32.1. The summed E-state index contributed by atoms with van der Waals surface area (Å²) in [6.07, 6.45) is 7.22. The maximum Gasteiger partial charge on any atom is 0.415 e. The lowest BCUT2D eigenvalue weighted by Crippen LogP contribution is -2.43. The Morgan fingerprint density at radius 3 is 2.97 bits per heavy atom. The smallest absolute Gasteiger partial charge is 0.410 e. The van der Waals surface area contributed by atoms with Gasteiger partial charge in [0.05, 0.1) is 12.6 Å². The highest BCUT2D eigenvalue weighted by Gasteiger charge is 2.54. The third-order valence-electron chi connectivity index (χ3n) is 8.92. The van der Waals surface area contributed by atoms with E-state index in [0.29, 0.717) is 30.0 Å². The van der Waals surface area contributed by atoms with Gasteiger partial charge >= 0.3 is 6.09 Å². The molecule has 164 valence electrons. The molecule has 2 aromatic rings. The summed E-state index contributed by atoms with van der Waals surface area (Å²) in [6, 6.07) is 8.44. The fourth-order valence-corrected chi connectivity index (χ4v) is 8.05. The minimum Gasteiger partial charge on any atom is -0.410 e. The number of hydrogen-bond donors (Lipinski definition) is 1. The Labute approximate surface area is 188 Å². The molecule has 1 aromatic heterocycles. The van der Waals surface area contributed by atoms with E-state index in [1.807, 2.05) is 11.0 Å². The van der Waals surface area contributed by atoms with Gasteiger partial charge in [0.1, 0.15) is 5.75 Å². The van der Waals surface area contributed by atoms with Crippen molar-refractivity contribution in [2.45, 2.75) is 70.4 Å². The fourth-order valence-electron chi connectivity index (χ4n) is 7.16. The van der Waals surface area contributed by atoms with Crippen LogP contribution in [0.1, 0.15) is 66.5 Å². The molecule has 5 unspecified atom stereocenters. The van der Waals surface area contributed by atoms with Crippen molar-refractivity contribution in [1.29, 1.82) is 0 Å². The lowest BCUT2D eigenvalue weighted by atomic mass is 9.55. The van der Waals surface area contributed by atoms with Crippen LogP contribution in [0, 0.1) is 17.3 Å². The average molecular weight is 438 g/mol. The van der Waals surface area contributed by atoms with Gasteiger partial charge in [-0.3, -0.25) is 0 Å². The molecule has 6 rings (SSSR count). The van der Waals surface area contributed by atoms with Crippen LogP contribution in [0.25, 0.3) is 0 Å². The normalized spacial score (nSPS) is 33.8. The van der Waals surface area contributed by atoms with Crippen molar-refractivity contribution in [1.82, 2.24) is 4.90 Å². The number of aryl methyl sites for hydroxylation is 1. The summed E-state index contributed by atoms with van der Waals surface area (Å²) in [6.45, 7) is 3.70. The van der Waals surface area contributed by atoms with Gasteiger partial charge in [-0.25, -0.2) is 4.79 Å². The van der Waals surface area contributed by atoms with Crippen molar-refractivity contribution < 1.29 is 14.6 Å². The third-order valence-corrected chi connectivity index (χ3v) is 9.94. The van der Waals surface area contributed by atoms with E-state index < -0.39 is 0 Å². The molecule has 1 N–H and O–H groups in total. The molecule has 0 spiro atoms. The number of nitrogens with zero attached hydrogens (tertiary/aromatic N) is 1. The molecule has 1 amide bonds. The van der Waals surface area contributed by atoms with Gasteiger partial charge in [0.15, 0.2) is 0 Å². The number of fused-ring (bicyclic) bond motifs is 6. The third kappa shape index (κ3) is 3.15. The molecule has 0 bridgehead atoms. The molecule has 31 heavy (non-hydrogen) atoms. The maximum absolute atomic E-state index is 12.8. The van der Waals surface area contributed by atoms with E-state index in [0.717, 1.165) is 38.6 Å². The van der Waals surface area contributed by atoms with Crippen LogP contribution < -0.4 is 4.74 Å². The number of ether oxygens (including phenoxy) is 1. The molecule has 1 aliphatic heterocycles. The first kappa shape index (κ1) is 19.8. The van der Waals surface area contributed by atoms with Crippen molar-refractivity contribution in [2.24, 2.45) is 17.3 Å². The molecule has 1 aromatic carbocycles. The Morgan fingerprint density at radius 1 is 1.16 bits per heavy atom. The van der Waals surface area contributed by atoms with Crippen LogP contribution in [-0.2, 0) is 19.4 Å². The van der Waals surface area contributed by atoms with Gasteiger partial charge in [-0.05, 0) is 108 Å². The summed E-state index contributed by atoms with van der Waals surface area (Å²) in [5.41, 5.74) is 4.18. The Hall–Kier alpha value is -1.85. The van der Waals surface area contributed by atoms with E-state index in [4.69, 9.17) is 4.74 Å². The lowest BCUT2D eigenvalue weighted by Gasteiger charge is -2.50. The van der Waals surface area contributed by atoms with E-state index in [1.165, 1.54) is 34.4 Å². The van der Waals surface area contributed by atoms with Crippen molar-refractivity contribution >= 4 is 17.4 Å². The lowest BCUT2D eigenvalue weighted by molar-refractivity contribution is -0.0226. The quantitative estimate of drug-likeness (QED) is 0.639. The van der Waals surface area contributed by atoms with Crippen molar-refractivity contribution in [2.75, 3.05) is 6.54 Å². The topological polar surface area (TPSA) is 49.8 Å². The van der Waals surface area contributed by atoms with Gasteiger partial charge in [0.25, 0.3) is 0 Å². The second-order valence-corrected chi connectivity index (χ2v) is 11.3. The standard InChI is InChI=1S/C26H31NO3S/c1-26-11-8-20-19-5-3-18(14-16(19)2-4-21(20)22(26)6-7-24(26)28)30-25(29)27-12-9-23-17(15-27)10-13-31-23/h3,5,10,13-14,20-22,24,28H,2,4,6-9,11-12,15H2,1H3. The van der Waals surface area contributed by atoms with Crippen LogP contribution >= 0.6 is 11.3 Å². The van der Waals surface area contributed by atoms with Crippen molar-refractivity contribution in [3.63, 3.8) is 0 Å². The molecular formula is C26H31NO3S. The number of aliphatic hydroxyl groups excluding tert-OH is 1. The first-order valence-corrected chi connectivity index (χ1v) is 12.7. The molecule has 5 heteroatoms. The second kappa shape index (κ2) is 7.35. The molecule has 2 heterocycles. The van der Waals surface area contributed by atoms with Gasteiger partial charge < -0.3 is 14.7 Å². The number of carbonyl (C=O) groups is 1. The molecule has 0 saturated heterocycles. The maximum atomic E-state index is 12.8. The minimum absolute atomic E-state index is 0.116. The first-order chi connectivity index (χ1) is 15.0. The van der Waals surface area contributed by atoms with E-state index in [1.54, 1.807) is 11.3 Å². The summed E-state index contributed by atoms with van der Waals surface area (Å²) in [5.74, 6) is 2.60. The number of carbonyl (C=O) groups excluding carboxylic acids is 1. The van der Waals surface area contributed by atoms with E-state index in [-0.39, 0.29) is 17.6 Å². The average Bonchev–Trinajstić information content (AvgIpc) is 3.37. The number of thiophene rings is 1. The van der Waals surface area contributed by atoms with Crippen LogP contribution in [0.15, 0.2) is 29.6 Å². The summed E-state index contributed by atoms with van der Waals surface area (Å²) in [7, 11) is 0. The zero-order valence-electron chi connectivity index (χ0n) is 18.2. The molecule has 5 atom stereocenters. The van der Waals surface area contributed by atoms with Crippen LogP contribution in [-0.4, -0.2) is 28.7 Å². The highest BCUT2D eigenvalue weighted by Crippen LogP contribution is 2.60. The van der Waals surface area contributed by atoms with Crippen LogP contribution in [0.3, 0.4) is 0 Å². The van der Waals surface area contributed by atoms with Gasteiger partial charge in [-0.1, -0.05) is 13.0 Å². The van der Waals surface area contributed by atoms with E-state index >= 15 is 0 Å². The highest BCUT2D eigenvalue weighted by molar-refractivity contribution is 7.10. The molecule has 0 radical (unpaired) electrons. The Balaban J connectivity index is 1.18. The Morgan fingerprint density at radius 2 is 2.06 bits per heavy atom. The molecule has 4 nitrogen and oxygen atoms in total. The predicted molar refractivity (Wildman–Crippen MR) is 122 cm³/mol. The fraction of sp³-hybridized carbons (Fsp3) is 0.577. The Kier molecular flexibility index (Phi) is 4.69. The van der Waals surface area contributed by atoms with Gasteiger partial charge in [-0.2, -0.15) is 0 Å². The van der Waals surface area contributed by atoms with E-state index in [2.05, 4.69) is 30.5 Å². The van der Waals surface area contributed by atoms with Crippen molar-refractivity contribution in [3.8, 4) is 5.75 Å². The number of rotatable bonds is 1. The van der Waals surface area contributed by atoms with Crippen LogP contribution in [0.5, 0.6) is 5.75 Å². The molecule has 4 aliphatic rings. The largest absolute Gasteiger partial charge is 0.415 e. The molecule has 2 fully saturated rings. The number of hydrogen-bond acceptors (Lipinski definition) is 4. The summed E-state index contributed by atoms with van der Waals surface area (Å²) < 4.78 is 5.80. The summed E-state index contributed by atoms with van der Waals surface area (Å²) >= 11 is 1.78. The first-order valence-electron chi connectivity index (χ1n) is 11.9. The van der Waals surface area contributed by atoms with Crippen LogP contribution in [0.2, 0.25) is 0 Å². The monoisotopic (exact) mass is 437 g/mol. The summed E-state index contributed by atoms with van der Waals surface area (Å²) in [4.78, 5) is 16.0. The van der Waals surface area contributed by atoms with Gasteiger partial charge in [-0.15, -0.1) is 11.3 Å². The van der Waals surface area contributed by atoms with Gasteiger partial charge in [0, 0.05) is 11.4 Å². The van der Waals surface area contributed by atoms with Crippen LogP contribution in [0.4, 0.5) is 4.79 Å². The zero-order chi connectivity index (χ0) is 21.2. The Bertz CT molecular complexity index is 1020. The molecule has 2 saturated carbocycles. The second-order valence-electron chi connectivity index (χ2n) is 10.3. The number of aliphatic hydroxyl groups is 1. The SMILES string of the molecule is CC12CCC3c4ccc(OC(=O)N5CCc6sccc6C5)cc4CCC3C1CCC2O. The molecular weight excluding hydrogens is 406 g/mol.